The van der Waals surface area contributed by atoms with Gasteiger partial charge in [-0.2, -0.15) is 5.10 Å². The molecule has 1 saturated heterocycles. The van der Waals surface area contributed by atoms with E-state index in [1.54, 1.807) is 0 Å². The van der Waals surface area contributed by atoms with Gasteiger partial charge in [-0.1, -0.05) is 11.6 Å². The molecule has 6 heteroatoms. The number of fused-ring (bicyclic) bond motifs is 1. The normalized spacial score (nSPS) is 18.0. The maximum Gasteiger partial charge on any atom is 0.352 e. The van der Waals surface area contributed by atoms with Crippen LogP contribution >= 0.6 is 0 Å². The minimum Gasteiger partial charge on any atom is -0.477 e. The molecule has 6 nitrogen and oxygen atoms in total. The number of aryl methyl sites for hydroxylation is 3. The topological polar surface area (TPSA) is 74.2 Å². The van der Waals surface area contributed by atoms with Gasteiger partial charge in [0.1, 0.15) is 5.69 Å². The lowest BCUT2D eigenvalue weighted by Crippen LogP contribution is -2.23. The van der Waals surface area contributed by atoms with Crippen molar-refractivity contribution in [3.05, 3.63) is 52.5 Å². The summed E-state index contributed by atoms with van der Waals surface area (Å²) in [4.78, 5) is 17.1. The van der Waals surface area contributed by atoms with Crippen molar-refractivity contribution in [1.82, 2.24) is 19.7 Å². The summed E-state index contributed by atoms with van der Waals surface area (Å²) in [5, 5.41) is 15.2. The van der Waals surface area contributed by atoms with E-state index >= 15 is 0 Å². The van der Waals surface area contributed by atoms with E-state index in [0.29, 0.717) is 18.3 Å². The molecule has 2 aromatic heterocycles. The predicted octanol–water partition coefficient (Wildman–Crippen LogP) is 3.43. The lowest BCUT2D eigenvalue weighted by atomic mass is 10.1. The van der Waals surface area contributed by atoms with Crippen LogP contribution in [0.15, 0.2) is 24.3 Å². The Balaban J connectivity index is 1.61. The maximum atomic E-state index is 11.7. The molecule has 3 aromatic rings. The summed E-state index contributed by atoms with van der Waals surface area (Å²) < 4.78 is 2.12. The molecule has 1 aliphatic rings. The molecule has 4 rings (SSSR count). The van der Waals surface area contributed by atoms with E-state index in [2.05, 4.69) is 38.7 Å². The van der Waals surface area contributed by atoms with Gasteiger partial charge in [0.25, 0.3) is 0 Å². The third kappa shape index (κ3) is 2.90. The molecule has 0 saturated carbocycles. The van der Waals surface area contributed by atoms with Gasteiger partial charge in [0.2, 0.25) is 0 Å². The number of H-pyrrole nitrogens is 1. The van der Waals surface area contributed by atoms with Crippen LogP contribution in [-0.2, 0) is 6.54 Å². The number of hydrogen-bond donors (Lipinski definition) is 2. The fraction of sp³-hybridized carbons (Fsp3) is 0.400. The lowest BCUT2D eigenvalue weighted by Gasteiger charge is -2.17. The molecule has 0 amide bonds. The monoisotopic (exact) mass is 352 g/mol. The highest BCUT2D eigenvalue weighted by Crippen LogP contribution is 2.29. The molecule has 0 aliphatic carbocycles. The molecule has 1 unspecified atom stereocenters. The highest BCUT2D eigenvalue weighted by atomic mass is 16.4. The number of carboxylic acids is 1. The molecule has 136 valence electrons. The number of nitrogens with zero attached hydrogens (tertiary/aromatic N) is 3. The molecule has 3 heterocycles. The quantitative estimate of drug-likeness (QED) is 0.754. The number of hydrogen-bond acceptors (Lipinski definition) is 3. The average molecular weight is 352 g/mol. The van der Waals surface area contributed by atoms with Crippen molar-refractivity contribution >= 4 is 16.9 Å². The summed E-state index contributed by atoms with van der Waals surface area (Å²) in [5.41, 5.74) is 5.43. The number of aromatic amines is 1. The molecular formula is C20H24N4O2. The number of aromatic nitrogens is 3. The molecule has 0 bridgehead atoms. The zero-order valence-electron chi connectivity index (χ0n) is 15.4. The van der Waals surface area contributed by atoms with Gasteiger partial charge in [-0.15, -0.1) is 0 Å². The average Bonchev–Trinajstić information content (AvgIpc) is 3.26. The van der Waals surface area contributed by atoms with E-state index in [4.69, 9.17) is 0 Å². The second-order valence-corrected chi connectivity index (χ2v) is 7.38. The smallest absolute Gasteiger partial charge is 0.352 e. The van der Waals surface area contributed by atoms with Gasteiger partial charge in [0.15, 0.2) is 0 Å². The van der Waals surface area contributed by atoms with Gasteiger partial charge in [-0.3, -0.25) is 9.58 Å². The second kappa shape index (κ2) is 6.29. The van der Waals surface area contributed by atoms with Gasteiger partial charge in [0.05, 0.1) is 11.7 Å². The van der Waals surface area contributed by atoms with Crippen LogP contribution in [0.4, 0.5) is 0 Å². The van der Waals surface area contributed by atoms with Crippen molar-refractivity contribution in [2.75, 3.05) is 13.1 Å². The number of aromatic carboxylic acids is 1. The third-order valence-electron chi connectivity index (χ3n) is 5.30. The first kappa shape index (κ1) is 16.8. The van der Waals surface area contributed by atoms with Crippen LogP contribution in [0.1, 0.15) is 45.5 Å². The number of rotatable bonds is 4. The van der Waals surface area contributed by atoms with Crippen LogP contribution in [0.3, 0.4) is 0 Å². The van der Waals surface area contributed by atoms with E-state index in [-0.39, 0.29) is 0 Å². The number of nitrogens with one attached hydrogen (secondary N) is 1. The first-order valence-electron chi connectivity index (χ1n) is 9.02. The molecule has 26 heavy (non-hydrogen) atoms. The van der Waals surface area contributed by atoms with Crippen LogP contribution in [0.5, 0.6) is 0 Å². The van der Waals surface area contributed by atoms with Crippen molar-refractivity contribution in [3.8, 4) is 0 Å². The minimum absolute atomic E-state index is 0.306. The Hall–Kier alpha value is -2.60. The van der Waals surface area contributed by atoms with Crippen LogP contribution < -0.4 is 0 Å². The molecule has 1 aromatic carbocycles. The Bertz CT molecular complexity index is 985. The van der Waals surface area contributed by atoms with Crippen molar-refractivity contribution in [3.63, 3.8) is 0 Å². The van der Waals surface area contributed by atoms with E-state index < -0.39 is 5.97 Å². The van der Waals surface area contributed by atoms with Gasteiger partial charge in [-0.05, 0) is 45.4 Å². The van der Waals surface area contributed by atoms with Gasteiger partial charge >= 0.3 is 5.97 Å². The Kier molecular flexibility index (Phi) is 4.07. The Labute approximate surface area is 152 Å². The van der Waals surface area contributed by atoms with Gasteiger partial charge in [-0.25, -0.2) is 4.79 Å². The maximum absolute atomic E-state index is 11.7. The van der Waals surface area contributed by atoms with Crippen molar-refractivity contribution in [2.45, 2.75) is 39.8 Å². The summed E-state index contributed by atoms with van der Waals surface area (Å²) in [6.45, 7) is 8.61. The van der Waals surface area contributed by atoms with E-state index in [9.17, 15) is 9.90 Å². The Morgan fingerprint density at radius 3 is 2.81 bits per heavy atom. The molecule has 1 fully saturated rings. The molecular weight excluding hydrogens is 328 g/mol. The zero-order valence-corrected chi connectivity index (χ0v) is 15.4. The molecule has 0 radical (unpaired) electrons. The van der Waals surface area contributed by atoms with Gasteiger partial charge < -0.3 is 10.1 Å². The molecule has 0 spiro atoms. The first-order valence-corrected chi connectivity index (χ1v) is 9.02. The molecule has 2 N–H and O–H groups in total. The Morgan fingerprint density at radius 2 is 2.12 bits per heavy atom. The van der Waals surface area contributed by atoms with Crippen molar-refractivity contribution in [2.24, 2.45) is 0 Å². The fourth-order valence-corrected chi connectivity index (χ4v) is 4.10. The largest absolute Gasteiger partial charge is 0.477 e. The number of carboxylic acid groups (broad SMARTS) is 1. The van der Waals surface area contributed by atoms with Crippen LogP contribution in [0, 0.1) is 20.8 Å². The highest BCUT2D eigenvalue weighted by molar-refractivity contribution is 5.97. The summed E-state index contributed by atoms with van der Waals surface area (Å²) in [5.74, 6) is -0.900. The first-order chi connectivity index (χ1) is 12.4. The van der Waals surface area contributed by atoms with Crippen LogP contribution in [0.25, 0.3) is 10.9 Å². The summed E-state index contributed by atoms with van der Waals surface area (Å²) >= 11 is 0. The number of likely N-dealkylation sites (tertiary alicyclic amines) is 1. The fourth-order valence-electron chi connectivity index (χ4n) is 4.10. The van der Waals surface area contributed by atoms with Crippen molar-refractivity contribution < 1.29 is 9.90 Å². The summed E-state index contributed by atoms with van der Waals surface area (Å²) in [6.07, 6.45) is 1.03. The van der Waals surface area contributed by atoms with Gasteiger partial charge in [0, 0.05) is 41.8 Å². The Morgan fingerprint density at radius 1 is 1.31 bits per heavy atom. The lowest BCUT2D eigenvalue weighted by molar-refractivity contribution is 0.0689. The highest BCUT2D eigenvalue weighted by Gasteiger charge is 2.28. The number of carbonyl (C=O) groups is 1. The van der Waals surface area contributed by atoms with Crippen molar-refractivity contribution in [1.29, 1.82) is 0 Å². The molecule has 1 aliphatic heterocycles. The SMILES string of the molecule is Cc1ccc2[nH]c(C(=O)O)c(CN3CCC(n4nc(C)cc4C)C3)c2c1. The van der Waals surface area contributed by atoms with Crippen LogP contribution in [-0.4, -0.2) is 43.8 Å². The number of benzene rings is 1. The summed E-state index contributed by atoms with van der Waals surface area (Å²) in [6, 6.07) is 8.49. The van der Waals surface area contributed by atoms with E-state index in [0.717, 1.165) is 47.2 Å². The third-order valence-corrected chi connectivity index (χ3v) is 5.30. The minimum atomic E-state index is -0.900. The standard InChI is InChI=1S/C20H24N4O2/c1-12-4-5-18-16(8-12)17(19(21-18)20(25)26)11-23-7-6-15(10-23)24-14(3)9-13(2)22-24/h4-5,8-9,15,21H,6-7,10-11H2,1-3H3,(H,25,26). The molecule has 1 atom stereocenters. The van der Waals surface area contributed by atoms with E-state index in [1.165, 1.54) is 5.69 Å². The zero-order chi connectivity index (χ0) is 18.4. The van der Waals surface area contributed by atoms with E-state index in [1.807, 2.05) is 26.0 Å². The summed E-state index contributed by atoms with van der Waals surface area (Å²) in [7, 11) is 0. The predicted molar refractivity (Wildman–Crippen MR) is 101 cm³/mol. The second-order valence-electron chi connectivity index (χ2n) is 7.38. The van der Waals surface area contributed by atoms with Crippen LogP contribution in [0.2, 0.25) is 0 Å².